The first-order valence-electron chi connectivity index (χ1n) is 6.83. The molecular formula is C16H16N2O3. The predicted octanol–water partition coefficient (Wildman–Crippen LogP) is 1.17. The molecule has 1 aliphatic rings. The highest BCUT2D eigenvalue weighted by Crippen LogP contribution is 2.18. The molecule has 0 unspecified atom stereocenters. The molecule has 5 nitrogen and oxygen atoms in total. The zero-order chi connectivity index (χ0) is 14.8. The number of carbonyl (C=O) groups excluding carboxylic acids is 2. The van der Waals surface area contributed by atoms with Gasteiger partial charge in [-0.3, -0.25) is 9.59 Å². The number of nitrogens with two attached hydrogens (primary N) is 1. The van der Waals surface area contributed by atoms with Gasteiger partial charge in [-0.25, -0.2) is 0 Å². The van der Waals surface area contributed by atoms with Crippen molar-refractivity contribution in [1.82, 2.24) is 4.90 Å². The molecule has 1 heterocycles. The van der Waals surface area contributed by atoms with Crippen LogP contribution in [0.15, 0.2) is 42.5 Å². The number of carbonyl (C=O) groups is 2. The molecule has 2 N–H and O–H groups in total. The van der Waals surface area contributed by atoms with Crippen molar-refractivity contribution >= 4 is 22.6 Å². The number of primary amides is 1. The molecule has 21 heavy (non-hydrogen) atoms. The van der Waals surface area contributed by atoms with Gasteiger partial charge in [-0.2, -0.15) is 0 Å². The fraction of sp³-hybridized carbons (Fsp3) is 0.250. The molecule has 1 saturated heterocycles. The van der Waals surface area contributed by atoms with E-state index in [1.54, 1.807) is 6.07 Å². The Hall–Kier alpha value is -2.40. The minimum Gasteiger partial charge on any atom is -0.377 e. The van der Waals surface area contributed by atoms with Crippen LogP contribution < -0.4 is 5.73 Å². The van der Waals surface area contributed by atoms with Gasteiger partial charge in [0.15, 0.2) is 0 Å². The van der Waals surface area contributed by atoms with Gasteiger partial charge in [0.25, 0.3) is 5.91 Å². The summed E-state index contributed by atoms with van der Waals surface area (Å²) in [6, 6.07) is 12.7. The van der Waals surface area contributed by atoms with Crippen LogP contribution in [-0.2, 0) is 9.53 Å². The number of ether oxygens (including phenoxy) is 1. The van der Waals surface area contributed by atoms with E-state index in [2.05, 4.69) is 0 Å². The third kappa shape index (κ3) is 2.60. The van der Waals surface area contributed by atoms with Crippen LogP contribution in [0.4, 0.5) is 0 Å². The number of benzene rings is 2. The second-order valence-corrected chi connectivity index (χ2v) is 5.05. The number of hydrogen-bond acceptors (Lipinski definition) is 3. The summed E-state index contributed by atoms with van der Waals surface area (Å²) in [7, 11) is 0. The fourth-order valence-electron chi connectivity index (χ4n) is 2.57. The number of hydrogen-bond donors (Lipinski definition) is 1. The molecule has 5 heteroatoms. The van der Waals surface area contributed by atoms with Crippen molar-refractivity contribution in [3.8, 4) is 0 Å². The Kier molecular flexibility index (Phi) is 3.58. The molecule has 0 aliphatic carbocycles. The summed E-state index contributed by atoms with van der Waals surface area (Å²) in [5.41, 5.74) is 5.91. The normalized spacial score (nSPS) is 18.7. The standard InChI is InChI=1S/C16H16N2O3/c17-15(19)14-10-21-8-7-18(14)16(20)13-6-5-11-3-1-2-4-12(11)9-13/h1-6,9,14H,7-8,10H2,(H2,17,19)/t14-/m0/s1. The van der Waals surface area contributed by atoms with Gasteiger partial charge >= 0.3 is 0 Å². The molecule has 2 aromatic carbocycles. The zero-order valence-electron chi connectivity index (χ0n) is 11.5. The highest BCUT2D eigenvalue weighted by atomic mass is 16.5. The van der Waals surface area contributed by atoms with Crippen LogP contribution >= 0.6 is 0 Å². The van der Waals surface area contributed by atoms with E-state index < -0.39 is 11.9 Å². The van der Waals surface area contributed by atoms with Crippen LogP contribution in [0, 0.1) is 0 Å². The van der Waals surface area contributed by atoms with Crippen molar-refractivity contribution < 1.29 is 14.3 Å². The van der Waals surface area contributed by atoms with E-state index >= 15 is 0 Å². The highest BCUT2D eigenvalue weighted by molar-refractivity contribution is 6.00. The van der Waals surface area contributed by atoms with Gasteiger partial charge in [0.05, 0.1) is 13.2 Å². The summed E-state index contributed by atoms with van der Waals surface area (Å²) < 4.78 is 5.24. The van der Waals surface area contributed by atoms with Crippen molar-refractivity contribution in [3.63, 3.8) is 0 Å². The lowest BCUT2D eigenvalue weighted by Crippen LogP contribution is -2.54. The smallest absolute Gasteiger partial charge is 0.254 e. The first kappa shape index (κ1) is 13.6. The SMILES string of the molecule is NC(=O)[C@@H]1COCCN1C(=O)c1ccc2ccccc2c1. The molecule has 1 atom stereocenters. The lowest BCUT2D eigenvalue weighted by Gasteiger charge is -2.33. The van der Waals surface area contributed by atoms with Gasteiger partial charge in [0, 0.05) is 12.1 Å². The zero-order valence-corrected chi connectivity index (χ0v) is 11.5. The number of rotatable bonds is 2. The van der Waals surface area contributed by atoms with Crippen molar-refractivity contribution in [1.29, 1.82) is 0 Å². The van der Waals surface area contributed by atoms with E-state index in [1.165, 1.54) is 4.90 Å². The topological polar surface area (TPSA) is 72.6 Å². The highest BCUT2D eigenvalue weighted by Gasteiger charge is 2.31. The first-order chi connectivity index (χ1) is 10.2. The quantitative estimate of drug-likeness (QED) is 0.899. The molecule has 0 spiro atoms. The Bertz CT molecular complexity index is 699. The fourth-order valence-corrected chi connectivity index (χ4v) is 2.57. The maximum absolute atomic E-state index is 12.6. The van der Waals surface area contributed by atoms with Crippen LogP contribution in [-0.4, -0.2) is 42.5 Å². The molecule has 1 fully saturated rings. The van der Waals surface area contributed by atoms with E-state index in [4.69, 9.17) is 10.5 Å². The van der Waals surface area contributed by atoms with Crippen LogP contribution in [0.5, 0.6) is 0 Å². The van der Waals surface area contributed by atoms with E-state index in [1.807, 2.05) is 36.4 Å². The Morgan fingerprint density at radius 1 is 1.14 bits per heavy atom. The molecule has 108 valence electrons. The lowest BCUT2D eigenvalue weighted by molar-refractivity contribution is -0.127. The molecule has 0 bridgehead atoms. The van der Waals surface area contributed by atoms with E-state index in [-0.39, 0.29) is 12.5 Å². The summed E-state index contributed by atoms with van der Waals surface area (Å²) >= 11 is 0. The predicted molar refractivity (Wildman–Crippen MR) is 78.8 cm³/mol. The van der Waals surface area contributed by atoms with Gasteiger partial charge in [0.2, 0.25) is 5.91 Å². The third-order valence-electron chi connectivity index (χ3n) is 3.71. The Morgan fingerprint density at radius 2 is 1.90 bits per heavy atom. The second kappa shape index (κ2) is 5.54. The van der Waals surface area contributed by atoms with Crippen molar-refractivity contribution in [2.75, 3.05) is 19.8 Å². The number of nitrogens with zero attached hydrogens (tertiary/aromatic N) is 1. The Morgan fingerprint density at radius 3 is 2.67 bits per heavy atom. The van der Waals surface area contributed by atoms with Crippen LogP contribution in [0.3, 0.4) is 0 Å². The number of fused-ring (bicyclic) bond motifs is 1. The van der Waals surface area contributed by atoms with Crippen molar-refractivity contribution in [2.45, 2.75) is 6.04 Å². The largest absolute Gasteiger partial charge is 0.377 e. The summed E-state index contributed by atoms with van der Waals surface area (Å²) in [6.07, 6.45) is 0. The summed E-state index contributed by atoms with van der Waals surface area (Å²) in [5.74, 6) is -0.725. The van der Waals surface area contributed by atoms with Gasteiger partial charge in [-0.1, -0.05) is 30.3 Å². The first-order valence-corrected chi connectivity index (χ1v) is 6.83. The number of amides is 2. The van der Waals surface area contributed by atoms with E-state index in [0.717, 1.165) is 10.8 Å². The van der Waals surface area contributed by atoms with E-state index in [9.17, 15) is 9.59 Å². The molecule has 0 radical (unpaired) electrons. The molecule has 0 saturated carbocycles. The average molecular weight is 284 g/mol. The Balaban J connectivity index is 1.93. The monoisotopic (exact) mass is 284 g/mol. The average Bonchev–Trinajstić information content (AvgIpc) is 2.53. The van der Waals surface area contributed by atoms with Crippen LogP contribution in [0.1, 0.15) is 10.4 Å². The van der Waals surface area contributed by atoms with Gasteiger partial charge in [0.1, 0.15) is 6.04 Å². The van der Waals surface area contributed by atoms with Crippen LogP contribution in [0.25, 0.3) is 10.8 Å². The maximum atomic E-state index is 12.6. The molecule has 3 rings (SSSR count). The van der Waals surface area contributed by atoms with Gasteiger partial charge in [-0.05, 0) is 22.9 Å². The molecule has 0 aromatic heterocycles. The van der Waals surface area contributed by atoms with Crippen molar-refractivity contribution in [2.24, 2.45) is 5.73 Å². The Labute approximate surface area is 122 Å². The molecule has 2 aromatic rings. The third-order valence-corrected chi connectivity index (χ3v) is 3.71. The van der Waals surface area contributed by atoms with Crippen molar-refractivity contribution in [3.05, 3.63) is 48.0 Å². The summed E-state index contributed by atoms with van der Waals surface area (Å²) in [6.45, 7) is 0.955. The molecular weight excluding hydrogens is 268 g/mol. The minimum absolute atomic E-state index is 0.161. The summed E-state index contributed by atoms with van der Waals surface area (Å²) in [5, 5.41) is 2.06. The van der Waals surface area contributed by atoms with Gasteiger partial charge < -0.3 is 15.4 Å². The lowest BCUT2D eigenvalue weighted by atomic mass is 10.1. The maximum Gasteiger partial charge on any atom is 0.254 e. The number of morpholine rings is 1. The molecule has 2 amide bonds. The minimum atomic E-state index is -0.697. The van der Waals surface area contributed by atoms with E-state index in [0.29, 0.717) is 18.7 Å². The van der Waals surface area contributed by atoms with Crippen LogP contribution in [0.2, 0.25) is 0 Å². The second-order valence-electron chi connectivity index (χ2n) is 5.05. The summed E-state index contributed by atoms with van der Waals surface area (Å²) in [4.78, 5) is 25.6. The van der Waals surface area contributed by atoms with Gasteiger partial charge in [-0.15, -0.1) is 0 Å². The molecule has 1 aliphatic heterocycles.